The van der Waals surface area contributed by atoms with Crippen LogP contribution in [0.5, 0.6) is 0 Å². The molecule has 3 aromatic rings. The van der Waals surface area contributed by atoms with E-state index >= 15 is 0 Å². The van der Waals surface area contributed by atoms with Gasteiger partial charge in [0.2, 0.25) is 0 Å². The van der Waals surface area contributed by atoms with Crippen molar-refractivity contribution in [3.63, 3.8) is 0 Å². The van der Waals surface area contributed by atoms with Crippen molar-refractivity contribution in [3.05, 3.63) is 89.5 Å². The molecule has 0 aromatic heterocycles. The first kappa shape index (κ1) is 23.9. The summed E-state index contributed by atoms with van der Waals surface area (Å²) in [6.07, 6.45) is 2.81. The Hall–Kier alpha value is -1.77. The topological polar surface area (TPSA) is 63.6 Å². The minimum atomic E-state index is -4.11. The molecule has 3 aromatic carbocycles. The van der Waals surface area contributed by atoms with Crippen LogP contribution in [0.25, 0.3) is 0 Å². The Balaban J connectivity index is 2.05. The fourth-order valence-corrected chi connectivity index (χ4v) is 5.17. The van der Waals surface area contributed by atoms with Gasteiger partial charge in [-0.05, 0) is 73.9 Å². The predicted octanol–water partition coefficient (Wildman–Crippen LogP) is 5.79. The SMILES string of the molecule is CSc1ccc(C(OS(=O)(=O)c2ccc(C)cc2)C(C)(O)c2ccc(SC)cc2)cc1. The summed E-state index contributed by atoms with van der Waals surface area (Å²) in [5.74, 6) is 0. The van der Waals surface area contributed by atoms with Gasteiger partial charge in [-0.25, -0.2) is 0 Å². The Labute approximate surface area is 193 Å². The highest BCUT2D eigenvalue weighted by atomic mass is 32.2. The average Bonchev–Trinajstić information content (AvgIpc) is 2.78. The summed E-state index contributed by atoms with van der Waals surface area (Å²) in [7, 11) is -4.11. The molecule has 1 N–H and O–H groups in total. The van der Waals surface area contributed by atoms with Gasteiger partial charge in [0, 0.05) is 9.79 Å². The molecular weight excluding hydrogens is 448 g/mol. The molecule has 7 heteroatoms. The second kappa shape index (κ2) is 9.79. The van der Waals surface area contributed by atoms with E-state index in [9.17, 15) is 13.5 Å². The fraction of sp³-hybridized carbons (Fsp3) is 0.250. The van der Waals surface area contributed by atoms with Gasteiger partial charge in [0.25, 0.3) is 10.1 Å². The van der Waals surface area contributed by atoms with E-state index in [0.717, 1.165) is 15.4 Å². The highest BCUT2D eigenvalue weighted by Crippen LogP contribution is 2.40. The van der Waals surface area contributed by atoms with Gasteiger partial charge in [0.1, 0.15) is 11.7 Å². The van der Waals surface area contributed by atoms with Gasteiger partial charge in [0.15, 0.2) is 0 Å². The first-order chi connectivity index (χ1) is 14.7. The van der Waals surface area contributed by atoms with Crippen LogP contribution < -0.4 is 0 Å². The molecular formula is C24H26O4S3. The number of aryl methyl sites for hydroxylation is 1. The van der Waals surface area contributed by atoms with Gasteiger partial charge in [-0.15, -0.1) is 23.5 Å². The Morgan fingerprint density at radius 1 is 0.839 bits per heavy atom. The van der Waals surface area contributed by atoms with E-state index in [0.29, 0.717) is 11.1 Å². The summed E-state index contributed by atoms with van der Waals surface area (Å²) in [5.41, 5.74) is 0.509. The number of benzene rings is 3. The van der Waals surface area contributed by atoms with Crippen molar-refractivity contribution in [3.8, 4) is 0 Å². The summed E-state index contributed by atoms with van der Waals surface area (Å²) >= 11 is 3.18. The molecule has 0 heterocycles. The van der Waals surface area contributed by atoms with E-state index in [1.54, 1.807) is 66.8 Å². The van der Waals surface area contributed by atoms with Crippen LogP contribution in [0.3, 0.4) is 0 Å². The first-order valence-corrected chi connectivity index (χ1v) is 13.5. The third-order valence-electron chi connectivity index (χ3n) is 5.14. The largest absolute Gasteiger partial charge is 0.382 e. The first-order valence-electron chi connectivity index (χ1n) is 9.68. The van der Waals surface area contributed by atoms with E-state index in [-0.39, 0.29) is 4.90 Å². The normalized spacial score (nSPS) is 14.7. The van der Waals surface area contributed by atoms with Crippen LogP contribution in [0, 0.1) is 6.92 Å². The fourth-order valence-electron chi connectivity index (χ4n) is 3.22. The molecule has 0 aliphatic heterocycles. The van der Waals surface area contributed by atoms with E-state index in [2.05, 4.69) is 0 Å². The van der Waals surface area contributed by atoms with Crippen molar-refractivity contribution >= 4 is 33.6 Å². The van der Waals surface area contributed by atoms with Gasteiger partial charge in [-0.2, -0.15) is 8.42 Å². The number of aliphatic hydroxyl groups is 1. The minimum Gasteiger partial charge on any atom is -0.382 e. The molecule has 4 nitrogen and oxygen atoms in total. The van der Waals surface area contributed by atoms with Crippen molar-refractivity contribution in [1.29, 1.82) is 0 Å². The van der Waals surface area contributed by atoms with Crippen molar-refractivity contribution in [2.24, 2.45) is 0 Å². The number of hydrogen-bond donors (Lipinski definition) is 1. The summed E-state index contributed by atoms with van der Waals surface area (Å²) in [4.78, 5) is 2.14. The smallest absolute Gasteiger partial charge is 0.297 e. The molecule has 0 aliphatic rings. The number of thioether (sulfide) groups is 2. The van der Waals surface area contributed by atoms with Crippen molar-refractivity contribution in [2.75, 3.05) is 12.5 Å². The molecule has 0 fully saturated rings. The predicted molar refractivity (Wildman–Crippen MR) is 128 cm³/mol. The quantitative estimate of drug-likeness (QED) is 0.329. The maximum atomic E-state index is 13.1. The van der Waals surface area contributed by atoms with E-state index < -0.39 is 21.8 Å². The molecule has 2 atom stereocenters. The zero-order chi connectivity index (χ0) is 22.6. The van der Waals surface area contributed by atoms with E-state index in [1.165, 1.54) is 12.1 Å². The third kappa shape index (κ3) is 5.54. The second-order valence-electron chi connectivity index (χ2n) is 7.39. The number of rotatable bonds is 8. The van der Waals surface area contributed by atoms with Crippen LogP contribution in [0.15, 0.2) is 87.5 Å². The van der Waals surface area contributed by atoms with Crippen LogP contribution in [0.4, 0.5) is 0 Å². The highest BCUT2D eigenvalue weighted by Gasteiger charge is 2.39. The van der Waals surface area contributed by atoms with Crippen molar-refractivity contribution in [1.82, 2.24) is 0 Å². The Kier molecular flexibility index (Phi) is 7.55. The van der Waals surface area contributed by atoms with Crippen LogP contribution in [-0.2, 0) is 19.9 Å². The molecule has 3 rings (SSSR count). The van der Waals surface area contributed by atoms with Gasteiger partial charge < -0.3 is 5.11 Å². The Morgan fingerprint density at radius 3 is 1.81 bits per heavy atom. The molecule has 0 saturated carbocycles. The van der Waals surface area contributed by atoms with Crippen molar-refractivity contribution < 1.29 is 17.7 Å². The molecule has 164 valence electrons. The van der Waals surface area contributed by atoms with Gasteiger partial charge in [-0.1, -0.05) is 42.0 Å². The molecule has 2 unspecified atom stereocenters. The van der Waals surface area contributed by atoms with Crippen LogP contribution in [0.1, 0.15) is 29.7 Å². The van der Waals surface area contributed by atoms with Gasteiger partial charge in [0.05, 0.1) is 4.90 Å². The summed E-state index contributed by atoms with van der Waals surface area (Å²) in [5, 5.41) is 11.5. The Morgan fingerprint density at radius 2 is 1.32 bits per heavy atom. The molecule has 0 bridgehead atoms. The van der Waals surface area contributed by atoms with Crippen LogP contribution in [0.2, 0.25) is 0 Å². The monoisotopic (exact) mass is 474 g/mol. The lowest BCUT2D eigenvalue weighted by Gasteiger charge is -2.33. The lowest BCUT2D eigenvalue weighted by Crippen LogP contribution is -2.33. The van der Waals surface area contributed by atoms with E-state index in [1.807, 2.05) is 43.7 Å². The number of hydrogen-bond acceptors (Lipinski definition) is 6. The standard InChI is InChI=1S/C24H26O4S3/c1-17-5-15-22(16-6-17)31(26,27)28-23(18-7-11-20(29-3)12-8-18)24(2,25)19-9-13-21(30-4)14-10-19/h5-16,23,25H,1-4H3. The molecule has 31 heavy (non-hydrogen) atoms. The molecule has 0 amide bonds. The lowest BCUT2D eigenvalue weighted by molar-refractivity contribution is -0.0526. The molecule has 0 radical (unpaired) electrons. The molecule has 0 aliphatic carbocycles. The van der Waals surface area contributed by atoms with Crippen molar-refractivity contribution in [2.45, 2.75) is 40.2 Å². The summed E-state index contributed by atoms with van der Waals surface area (Å²) in [6, 6.07) is 21.2. The molecule has 0 spiro atoms. The van der Waals surface area contributed by atoms with E-state index in [4.69, 9.17) is 4.18 Å². The average molecular weight is 475 g/mol. The maximum absolute atomic E-state index is 13.1. The maximum Gasteiger partial charge on any atom is 0.297 e. The van der Waals surface area contributed by atoms with Gasteiger partial charge in [-0.3, -0.25) is 4.18 Å². The third-order valence-corrected chi connectivity index (χ3v) is 7.92. The van der Waals surface area contributed by atoms with Crippen LogP contribution in [-0.4, -0.2) is 26.0 Å². The summed E-state index contributed by atoms with van der Waals surface area (Å²) in [6.45, 7) is 3.47. The summed E-state index contributed by atoms with van der Waals surface area (Å²) < 4.78 is 31.9. The second-order valence-corrected chi connectivity index (χ2v) is 10.7. The lowest BCUT2D eigenvalue weighted by atomic mass is 9.86. The minimum absolute atomic E-state index is 0.0531. The molecule has 0 saturated heterocycles. The Bertz CT molecular complexity index is 1100. The zero-order valence-electron chi connectivity index (χ0n) is 17.9. The zero-order valence-corrected chi connectivity index (χ0v) is 20.4. The van der Waals surface area contributed by atoms with Gasteiger partial charge >= 0.3 is 0 Å². The van der Waals surface area contributed by atoms with Crippen LogP contribution >= 0.6 is 23.5 Å². The highest BCUT2D eigenvalue weighted by molar-refractivity contribution is 7.98.